The first-order chi connectivity index (χ1) is 29.0. The lowest BCUT2D eigenvalue weighted by atomic mass is 10.3. The molecule has 0 aliphatic carbocycles. The van der Waals surface area contributed by atoms with E-state index in [2.05, 4.69) is 91.7 Å². The van der Waals surface area contributed by atoms with Gasteiger partial charge >= 0.3 is 0 Å². The predicted octanol–water partition coefficient (Wildman–Crippen LogP) is -3.07. The Bertz CT molecular complexity index is 1650. The van der Waals surface area contributed by atoms with Crippen molar-refractivity contribution in [3.63, 3.8) is 0 Å². The van der Waals surface area contributed by atoms with Crippen LogP contribution in [0.2, 0.25) is 0 Å². The van der Waals surface area contributed by atoms with Gasteiger partial charge in [-0.15, -0.1) is 0 Å². The number of nitrogen functional groups attached to an aromatic ring is 6. The quantitative estimate of drug-likeness (QED) is 0.0310. The summed E-state index contributed by atoms with van der Waals surface area (Å²) in [5, 5.41) is 52.2. The molecule has 26 N–H and O–H groups in total. The van der Waals surface area contributed by atoms with E-state index in [1.807, 2.05) is 13.8 Å². The van der Waals surface area contributed by atoms with Gasteiger partial charge in [-0.25, -0.2) is 0 Å². The zero-order valence-corrected chi connectivity index (χ0v) is 35.3. The number of nitrogens with two attached hydrogens (primary N) is 6. The van der Waals surface area contributed by atoms with Gasteiger partial charge in [-0.2, -0.15) is 59.8 Å². The SMILES string of the molecule is CCNc1nc(N)nc(NCCCCNc2nc(NCC)nc(NCCCCO)n2)n1.Nc1nc(N)nc(N)n1.Nc1nc(N)nc(NCCCCO)n1.O.O.OCCCCO. The van der Waals surface area contributed by atoms with E-state index in [1.165, 1.54) is 0 Å². The largest absolute Gasteiger partial charge is 0.412 e. The molecule has 4 rings (SSSR count). The number of aromatic nitrogens is 12. The molecule has 62 heavy (non-hydrogen) atoms. The third-order valence-corrected chi connectivity index (χ3v) is 6.79. The second kappa shape index (κ2) is 36.3. The summed E-state index contributed by atoms with van der Waals surface area (Å²) in [5.74, 6) is 3.35. The molecule has 0 aliphatic rings. The molecular formula is C32H68N24O6. The smallest absolute Gasteiger partial charge is 0.229 e. The van der Waals surface area contributed by atoms with Crippen LogP contribution in [0.15, 0.2) is 0 Å². The van der Waals surface area contributed by atoms with E-state index in [9.17, 15) is 0 Å². The molecule has 0 atom stereocenters. The van der Waals surface area contributed by atoms with E-state index >= 15 is 0 Å². The van der Waals surface area contributed by atoms with Gasteiger partial charge in [0.15, 0.2) is 0 Å². The maximum Gasteiger partial charge on any atom is 0.229 e. The molecule has 0 fully saturated rings. The molecule has 352 valence electrons. The van der Waals surface area contributed by atoms with Crippen molar-refractivity contribution in [1.82, 2.24) is 59.8 Å². The molecule has 0 amide bonds. The molecule has 0 radical (unpaired) electrons. The van der Waals surface area contributed by atoms with Crippen LogP contribution in [0.4, 0.5) is 71.4 Å². The summed E-state index contributed by atoms with van der Waals surface area (Å²) in [6.07, 6.45) is 6.39. The number of rotatable bonds is 24. The maximum absolute atomic E-state index is 8.88. The molecule has 30 nitrogen and oxygen atoms in total. The van der Waals surface area contributed by atoms with E-state index < -0.39 is 0 Å². The van der Waals surface area contributed by atoms with Crippen LogP contribution in [-0.4, -0.2) is 157 Å². The third kappa shape index (κ3) is 28.8. The van der Waals surface area contributed by atoms with Gasteiger partial charge in [-0.3, -0.25) is 0 Å². The highest BCUT2D eigenvalue weighted by atomic mass is 16.3. The summed E-state index contributed by atoms with van der Waals surface area (Å²) in [7, 11) is 0. The fourth-order valence-corrected chi connectivity index (χ4v) is 4.14. The van der Waals surface area contributed by atoms with Gasteiger partial charge in [0, 0.05) is 65.7 Å². The minimum Gasteiger partial charge on any atom is -0.412 e. The van der Waals surface area contributed by atoms with Crippen molar-refractivity contribution >= 4 is 71.4 Å². The lowest BCUT2D eigenvalue weighted by molar-refractivity contribution is 0.242. The summed E-state index contributed by atoms with van der Waals surface area (Å²) in [6.45, 7) is 8.91. The van der Waals surface area contributed by atoms with Crippen LogP contribution in [0, 0.1) is 0 Å². The highest BCUT2D eigenvalue weighted by molar-refractivity contribution is 5.42. The number of unbranched alkanes of at least 4 members (excludes halogenated alkanes) is 4. The average molecular weight is 885 g/mol. The topological polar surface area (TPSA) is 527 Å². The zero-order valence-electron chi connectivity index (χ0n) is 35.3. The molecule has 0 aromatic carbocycles. The number of aliphatic hydroxyl groups excluding tert-OH is 4. The fraction of sp³-hybridized carbons (Fsp3) is 0.625. The van der Waals surface area contributed by atoms with Crippen molar-refractivity contribution in [2.24, 2.45) is 0 Å². The first-order valence-electron chi connectivity index (χ1n) is 19.4. The van der Waals surface area contributed by atoms with Gasteiger partial charge in [0.1, 0.15) is 0 Å². The Hall–Kier alpha value is -6.60. The molecule has 4 heterocycles. The second-order valence-electron chi connectivity index (χ2n) is 11.9. The third-order valence-electron chi connectivity index (χ3n) is 6.79. The number of aliphatic hydroxyl groups is 4. The van der Waals surface area contributed by atoms with E-state index in [0.717, 1.165) is 57.9 Å². The molecule has 0 bridgehead atoms. The van der Waals surface area contributed by atoms with Gasteiger partial charge in [-0.1, -0.05) is 0 Å². The van der Waals surface area contributed by atoms with Crippen LogP contribution >= 0.6 is 0 Å². The van der Waals surface area contributed by atoms with Crippen LogP contribution < -0.4 is 66.3 Å². The number of anilines is 12. The lowest BCUT2D eigenvalue weighted by Crippen LogP contribution is -2.15. The van der Waals surface area contributed by atoms with E-state index in [1.54, 1.807) is 0 Å². The molecule has 0 saturated heterocycles. The number of hydrogen-bond donors (Lipinski definition) is 16. The molecule has 30 heteroatoms. The second-order valence-corrected chi connectivity index (χ2v) is 11.9. The summed E-state index contributed by atoms with van der Waals surface area (Å²) >= 11 is 0. The molecule has 4 aromatic heterocycles. The highest BCUT2D eigenvalue weighted by Crippen LogP contribution is 2.11. The van der Waals surface area contributed by atoms with E-state index in [0.29, 0.717) is 68.4 Å². The number of hydrogen-bond acceptors (Lipinski definition) is 28. The van der Waals surface area contributed by atoms with Gasteiger partial charge in [0.05, 0.1) is 0 Å². The number of nitrogens with one attached hydrogen (secondary N) is 6. The van der Waals surface area contributed by atoms with Crippen molar-refractivity contribution in [1.29, 1.82) is 0 Å². The fourth-order valence-electron chi connectivity index (χ4n) is 4.14. The van der Waals surface area contributed by atoms with Crippen molar-refractivity contribution in [3.05, 3.63) is 0 Å². The van der Waals surface area contributed by atoms with E-state index in [4.69, 9.17) is 54.8 Å². The standard InChI is InChI=1S/C18H34N12O.C7H14N6O.C4H10O2.C3H6N6.2H2O/c1-3-20-14-25-13(19)26-16(27-14)22-9-5-6-10-23-17-28-15(21-4-2)29-18(30-17)24-11-7-8-12-31;8-5-11-6(9)13-7(12-5)10-3-1-2-4-14;5-3-1-2-4-6;4-1-7-2(5)9-3(6)8-1;;/h31H,3-12H2,1-2H3,(H4,19,20,22,25,26,27)(H3,21,23,24,28,29,30);14H,1-4H2,(H5,8,9,10,11,12,13);5-6H,1-4H2;(H6,4,5,6,7,8,9);2*1H2. The monoisotopic (exact) mass is 885 g/mol. The molecule has 0 unspecified atom stereocenters. The summed E-state index contributed by atoms with van der Waals surface area (Å²) in [4.78, 5) is 47.3. The Balaban J connectivity index is 0. The van der Waals surface area contributed by atoms with Gasteiger partial charge in [0.25, 0.3) is 0 Å². The Labute approximate surface area is 359 Å². The first-order valence-corrected chi connectivity index (χ1v) is 19.4. The maximum atomic E-state index is 8.88. The van der Waals surface area contributed by atoms with Crippen molar-refractivity contribution in [3.8, 4) is 0 Å². The molecular weight excluding hydrogens is 817 g/mol. The average Bonchev–Trinajstić information content (AvgIpc) is 3.19. The molecule has 0 spiro atoms. The molecule has 0 aliphatic heterocycles. The van der Waals surface area contributed by atoms with Gasteiger partial charge in [-0.05, 0) is 65.2 Å². The summed E-state index contributed by atoms with van der Waals surface area (Å²) < 4.78 is 0. The minimum absolute atomic E-state index is 0. The van der Waals surface area contributed by atoms with Crippen molar-refractivity contribution in [2.75, 3.05) is 132 Å². The normalized spacial score (nSPS) is 9.77. The predicted molar refractivity (Wildman–Crippen MR) is 241 cm³/mol. The summed E-state index contributed by atoms with van der Waals surface area (Å²) in [5.41, 5.74) is 31.9. The van der Waals surface area contributed by atoms with Crippen LogP contribution in [0.1, 0.15) is 65.2 Å². The lowest BCUT2D eigenvalue weighted by Gasteiger charge is -2.11. The Kier molecular flexibility index (Phi) is 33.6. The van der Waals surface area contributed by atoms with Crippen molar-refractivity contribution < 1.29 is 31.4 Å². The highest BCUT2D eigenvalue weighted by Gasteiger charge is 2.07. The molecule has 0 saturated carbocycles. The van der Waals surface area contributed by atoms with Gasteiger partial charge < -0.3 is 97.7 Å². The van der Waals surface area contributed by atoms with Crippen molar-refractivity contribution in [2.45, 2.75) is 65.2 Å². The number of nitrogens with zero attached hydrogens (tertiary/aromatic N) is 12. The minimum atomic E-state index is 0. The first kappa shape index (κ1) is 57.5. The van der Waals surface area contributed by atoms with Gasteiger partial charge in [0.2, 0.25) is 71.4 Å². The van der Waals surface area contributed by atoms with E-state index in [-0.39, 0.29) is 73.1 Å². The zero-order chi connectivity index (χ0) is 44.4. The Morgan fingerprint density at radius 1 is 0.306 bits per heavy atom. The van der Waals surface area contributed by atoms with Crippen LogP contribution in [0.25, 0.3) is 0 Å². The summed E-state index contributed by atoms with van der Waals surface area (Å²) in [6, 6.07) is 0. The van der Waals surface area contributed by atoms with Crippen LogP contribution in [-0.2, 0) is 0 Å². The van der Waals surface area contributed by atoms with Crippen LogP contribution in [0.5, 0.6) is 0 Å². The molecule has 4 aromatic rings. The Morgan fingerprint density at radius 3 is 0.790 bits per heavy atom. The Morgan fingerprint density at radius 2 is 0.500 bits per heavy atom. The van der Waals surface area contributed by atoms with Crippen LogP contribution in [0.3, 0.4) is 0 Å².